The molecule has 3 nitrogen and oxygen atoms in total. The first-order valence-electron chi connectivity index (χ1n) is 6.11. The van der Waals surface area contributed by atoms with Crippen molar-refractivity contribution in [2.45, 2.75) is 26.8 Å². The summed E-state index contributed by atoms with van der Waals surface area (Å²) in [5, 5.41) is 3.38. The van der Waals surface area contributed by atoms with Gasteiger partial charge in [-0.1, -0.05) is 29.8 Å². The summed E-state index contributed by atoms with van der Waals surface area (Å²) in [4.78, 5) is 4.29. The maximum absolute atomic E-state index is 5.76. The molecular formula is C15H19N3. The van der Waals surface area contributed by atoms with Gasteiger partial charge in [-0.05, 0) is 38.0 Å². The van der Waals surface area contributed by atoms with Crippen LogP contribution in [0.1, 0.15) is 29.7 Å². The first-order chi connectivity index (χ1) is 8.56. The number of hydrogen-bond donors (Lipinski definition) is 2. The van der Waals surface area contributed by atoms with Crippen LogP contribution in [0.15, 0.2) is 36.5 Å². The van der Waals surface area contributed by atoms with Gasteiger partial charge in [0.05, 0.1) is 11.9 Å². The fourth-order valence-electron chi connectivity index (χ4n) is 1.81. The molecule has 18 heavy (non-hydrogen) atoms. The number of anilines is 2. The van der Waals surface area contributed by atoms with Gasteiger partial charge in [0, 0.05) is 6.04 Å². The van der Waals surface area contributed by atoms with E-state index in [0.717, 1.165) is 17.1 Å². The summed E-state index contributed by atoms with van der Waals surface area (Å²) < 4.78 is 0. The number of nitrogen functional groups attached to an aromatic ring is 1. The van der Waals surface area contributed by atoms with E-state index in [9.17, 15) is 0 Å². The van der Waals surface area contributed by atoms with Gasteiger partial charge >= 0.3 is 0 Å². The van der Waals surface area contributed by atoms with E-state index in [1.807, 2.05) is 13.0 Å². The highest BCUT2D eigenvalue weighted by molar-refractivity contribution is 5.51. The Morgan fingerprint density at radius 1 is 1.17 bits per heavy atom. The van der Waals surface area contributed by atoms with Crippen molar-refractivity contribution in [1.82, 2.24) is 4.98 Å². The van der Waals surface area contributed by atoms with Crippen LogP contribution in [-0.2, 0) is 0 Å². The molecule has 0 radical (unpaired) electrons. The molecule has 1 atom stereocenters. The fraction of sp³-hybridized carbons (Fsp3) is 0.267. The first kappa shape index (κ1) is 12.4. The van der Waals surface area contributed by atoms with E-state index in [1.54, 1.807) is 6.20 Å². The van der Waals surface area contributed by atoms with E-state index in [4.69, 9.17) is 5.73 Å². The summed E-state index contributed by atoms with van der Waals surface area (Å²) in [6.07, 6.45) is 1.69. The molecule has 0 aliphatic carbocycles. The fourth-order valence-corrected chi connectivity index (χ4v) is 1.81. The van der Waals surface area contributed by atoms with E-state index in [2.05, 4.69) is 48.4 Å². The number of aromatic nitrogens is 1. The summed E-state index contributed by atoms with van der Waals surface area (Å²) in [6, 6.07) is 10.7. The molecule has 3 heteroatoms. The smallest absolute Gasteiger partial charge is 0.126 e. The lowest BCUT2D eigenvalue weighted by Gasteiger charge is -2.15. The largest absolute Gasteiger partial charge is 0.397 e. The number of benzene rings is 1. The van der Waals surface area contributed by atoms with Crippen molar-refractivity contribution < 1.29 is 0 Å². The van der Waals surface area contributed by atoms with E-state index in [0.29, 0.717) is 0 Å². The summed E-state index contributed by atoms with van der Waals surface area (Å²) in [5.74, 6) is 0.856. The second-order valence-corrected chi connectivity index (χ2v) is 4.70. The molecule has 0 spiro atoms. The van der Waals surface area contributed by atoms with Gasteiger partial charge in [-0.3, -0.25) is 0 Å². The maximum Gasteiger partial charge on any atom is 0.126 e. The van der Waals surface area contributed by atoms with Crippen LogP contribution in [0, 0.1) is 13.8 Å². The number of nitrogens with zero attached hydrogens (tertiary/aromatic N) is 1. The zero-order valence-electron chi connectivity index (χ0n) is 11.1. The van der Waals surface area contributed by atoms with Crippen molar-refractivity contribution in [3.05, 3.63) is 53.2 Å². The molecule has 1 aromatic heterocycles. The lowest BCUT2D eigenvalue weighted by molar-refractivity contribution is 0.873. The Morgan fingerprint density at radius 3 is 2.44 bits per heavy atom. The average Bonchev–Trinajstić information content (AvgIpc) is 2.34. The molecule has 2 aromatic rings. The van der Waals surface area contributed by atoms with Gasteiger partial charge in [0.15, 0.2) is 0 Å². The molecule has 1 unspecified atom stereocenters. The van der Waals surface area contributed by atoms with Crippen molar-refractivity contribution in [1.29, 1.82) is 0 Å². The van der Waals surface area contributed by atoms with Gasteiger partial charge in [0.2, 0.25) is 0 Å². The summed E-state index contributed by atoms with van der Waals surface area (Å²) >= 11 is 0. The zero-order chi connectivity index (χ0) is 13.1. The second kappa shape index (κ2) is 5.08. The number of nitrogens with one attached hydrogen (secondary N) is 1. The highest BCUT2D eigenvalue weighted by Gasteiger charge is 2.06. The SMILES string of the molecule is Cc1ccc(C(C)Nc2cc(C)c(N)cn2)cc1. The number of nitrogens with two attached hydrogens (primary N) is 1. The molecule has 3 N–H and O–H groups in total. The van der Waals surface area contributed by atoms with Crippen LogP contribution in [0.3, 0.4) is 0 Å². The minimum Gasteiger partial charge on any atom is -0.397 e. The van der Waals surface area contributed by atoms with Crippen LogP contribution < -0.4 is 11.1 Å². The lowest BCUT2D eigenvalue weighted by Crippen LogP contribution is -2.08. The molecule has 0 bridgehead atoms. The van der Waals surface area contributed by atoms with Gasteiger partial charge in [-0.2, -0.15) is 0 Å². The average molecular weight is 241 g/mol. The minimum atomic E-state index is 0.223. The van der Waals surface area contributed by atoms with Crippen LogP contribution in [0.4, 0.5) is 11.5 Å². The molecular weight excluding hydrogens is 222 g/mol. The standard InChI is InChI=1S/C15H19N3/c1-10-4-6-13(7-5-10)12(3)18-15-8-11(2)14(16)9-17-15/h4-9,12H,16H2,1-3H3,(H,17,18). The summed E-state index contributed by atoms with van der Waals surface area (Å²) in [6.45, 7) is 6.20. The Bertz CT molecular complexity index is 532. The monoisotopic (exact) mass is 241 g/mol. The van der Waals surface area contributed by atoms with E-state index in [1.165, 1.54) is 11.1 Å². The van der Waals surface area contributed by atoms with Gasteiger partial charge in [-0.25, -0.2) is 4.98 Å². The highest BCUT2D eigenvalue weighted by Crippen LogP contribution is 2.20. The second-order valence-electron chi connectivity index (χ2n) is 4.70. The van der Waals surface area contributed by atoms with Crippen LogP contribution in [0.25, 0.3) is 0 Å². The third kappa shape index (κ3) is 2.80. The summed E-state index contributed by atoms with van der Waals surface area (Å²) in [7, 11) is 0. The summed E-state index contributed by atoms with van der Waals surface area (Å²) in [5.41, 5.74) is 10.0. The molecule has 1 aromatic carbocycles. The Morgan fingerprint density at radius 2 is 1.83 bits per heavy atom. The molecule has 2 rings (SSSR count). The first-order valence-corrected chi connectivity index (χ1v) is 6.11. The Hall–Kier alpha value is -2.03. The molecule has 0 aliphatic heterocycles. The van der Waals surface area contributed by atoms with Gasteiger partial charge in [-0.15, -0.1) is 0 Å². The zero-order valence-corrected chi connectivity index (χ0v) is 11.1. The Kier molecular flexibility index (Phi) is 3.51. The van der Waals surface area contributed by atoms with E-state index in [-0.39, 0.29) is 6.04 Å². The van der Waals surface area contributed by atoms with Crippen LogP contribution in [0.2, 0.25) is 0 Å². The number of aryl methyl sites for hydroxylation is 2. The maximum atomic E-state index is 5.76. The lowest BCUT2D eigenvalue weighted by atomic mass is 10.1. The van der Waals surface area contributed by atoms with E-state index < -0.39 is 0 Å². The third-order valence-corrected chi connectivity index (χ3v) is 3.09. The molecule has 1 heterocycles. The van der Waals surface area contributed by atoms with Crippen molar-refractivity contribution in [3.8, 4) is 0 Å². The van der Waals surface area contributed by atoms with Crippen molar-refractivity contribution in [2.75, 3.05) is 11.1 Å². The normalized spacial score (nSPS) is 12.2. The minimum absolute atomic E-state index is 0.223. The van der Waals surface area contributed by atoms with Crippen LogP contribution in [0.5, 0.6) is 0 Å². The highest BCUT2D eigenvalue weighted by atomic mass is 15.0. The molecule has 94 valence electrons. The van der Waals surface area contributed by atoms with E-state index >= 15 is 0 Å². The van der Waals surface area contributed by atoms with Crippen LogP contribution in [-0.4, -0.2) is 4.98 Å². The number of hydrogen-bond acceptors (Lipinski definition) is 3. The van der Waals surface area contributed by atoms with Crippen LogP contribution >= 0.6 is 0 Å². The predicted octanol–water partition coefficient (Wildman–Crippen LogP) is 3.45. The van der Waals surface area contributed by atoms with Gasteiger partial charge in [0.25, 0.3) is 0 Å². The molecule has 0 saturated carbocycles. The predicted molar refractivity (Wildman–Crippen MR) is 76.6 cm³/mol. The Balaban J connectivity index is 2.13. The topological polar surface area (TPSA) is 50.9 Å². The quantitative estimate of drug-likeness (QED) is 0.865. The van der Waals surface area contributed by atoms with Crippen molar-refractivity contribution in [3.63, 3.8) is 0 Å². The molecule has 0 aliphatic rings. The van der Waals surface area contributed by atoms with Gasteiger partial charge in [0.1, 0.15) is 5.82 Å². The van der Waals surface area contributed by atoms with Crippen molar-refractivity contribution >= 4 is 11.5 Å². The number of pyridine rings is 1. The van der Waals surface area contributed by atoms with Gasteiger partial charge < -0.3 is 11.1 Å². The number of rotatable bonds is 3. The Labute approximate surface area is 108 Å². The molecule has 0 fully saturated rings. The van der Waals surface area contributed by atoms with Crippen molar-refractivity contribution in [2.24, 2.45) is 0 Å². The third-order valence-electron chi connectivity index (χ3n) is 3.09. The molecule has 0 amide bonds. The molecule has 0 saturated heterocycles.